The molecule has 152 valence electrons. The summed E-state index contributed by atoms with van der Waals surface area (Å²) < 4.78 is 2.04. The third-order valence-electron chi connectivity index (χ3n) is 5.18. The van der Waals surface area contributed by atoms with Crippen LogP contribution in [0.3, 0.4) is 0 Å². The molecule has 0 radical (unpaired) electrons. The molecule has 2 aromatic rings. The second kappa shape index (κ2) is 9.10. The molecule has 0 fully saturated rings. The van der Waals surface area contributed by atoms with E-state index in [-0.39, 0.29) is 5.91 Å². The molecule has 0 spiro atoms. The molecule has 1 aromatic carbocycles. The number of aromatic nitrogens is 2. The summed E-state index contributed by atoms with van der Waals surface area (Å²) in [6.07, 6.45) is 2.10. The van der Waals surface area contributed by atoms with Gasteiger partial charge in [-0.2, -0.15) is 5.10 Å². The van der Waals surface area contributed by atoms with Gasteiger partial charge < -0.3 is 4.90 Å². The molecule has 0 atom stereocenters. The second-order valence-electron chi connectivity index (χ2n) is 8.08. The molecular weight excluding hydrogens is 372 g/mol. The zero-order valence-corrected chi connectivity index (χ0v) is 18.2. The Hall–Kier alpha value is -1.85. The zero-order valence-electron chi connectivity index (χ0n) is 17.4. The smallest absolute Gasteiger partial charge is 0.219 e. The average molecular weight is 403 g/mol. The summed E-state index contributed by atoms with van der Waals surface area (Å²) in [6, 6.07) is 7.83. The summed E-state index contributed by atoms with van der Waals surface area (Å²) in [7, 11) is 0. The fraction of sp³-hybridized carbons (Fsp3) is 0.545. The monoisotopic (exact) mass is 402 g/mol. The number of hydrogen-bond acceptors (Lipinski definition) is 3. The summed E-state index contributed by atoms with van der Waals surface area (Å²) in [5.74, 6) is 0.521. The number of carbonyl (C=O) groups is 1. The van der Waals surface area contributed by atoms with Crippen LogP contribution in [0.4, 0.5) is 0 Å². The molecule has 28 heavy (non-hydrogen) atoms. The summed E-state index contributed by atoms with van der Waals surface area (Å²) in [5.41, 5.74) is 4.51. The number of benzene rings is 1. The highest BCUT2D eigenvalue weighted by atomic mass is 35.5. The van der Waals surface area contributed by atoms with Gasteiger partial charge in [-0.05, 0) is 37.1 Å². The van der Waals surface area contributed by atoms with Gasteiger partial charge in [-0.1, -0.05) is 38.4 Å². The normalized spacial score (nSPS) is 14.4. The molecule has 0 saturated heterocycles. The Morgan fingerprint density at radius 2 is 2.14 bits per heavy atom. The number of rotatable bonds is 7. The fourth-order valence-corrected chi connectivity index (χ4v) is 4.11. The molecule has 0 aliphatic carbocycles. The van der Waals surface area contributed by atoms with Crippen molar-refractivity contribution in [2.75, 3.05) is 19.6 Å². The van der Waals surface area contributed by atoms with Gasteiger partial charge in [-0.3, -0.25) is 9.69 Å². The number of amides is 1. The molecule has 1 aliphatic rings. The van der Waals surface area contributed by atoms with E-state index in [0.717, 1.165) is 50.4 Å². The quantitative estimate of drug-likeness (QED) is 0.693. The van der Waals surface area contributed by atoms with Gasteiger partial charge in [0, 0.05) is 43.6 Å². The third kappa shape index (κ3) is 4.76. The molecule has 1 aromatic heterocycles. The molecule has 2 heterocycles. The Balaban J connectivity index is 2.00. The summed E-state index contributed by atoms with van der Waals surface area (Å²) in [5, 5.41) is 5.67. The van der Waals surface area contributed by atoms with Gasteiger partial charge in [0.25, 0.3) is 0 Å². The van der Waals surface area contributed by atoms with E-state index in [4.69, 9.17) is 16.7 Å². The first-order valence-corrected chi connectivity index (χ1v) is 10.6. The van der Waals surface area contributed by atoms with Crippen molar-refractivity contribution in [3.8, 4) is 5.69 Å². The average Bonchev–Trinajstić information content (AvgIpc) is 2.99. The predicted octanol–water partition coefficient (Wildman–Crippen LogP) is 4.30. The van der Waals surface area contributed by atoms with Crippen molar-refractivity contribution in [3.63, 3.8) is 0 Å². The summed E-state index contributed by atoms with van der Waals surface area (Å²) >= 11 is 6.23. The van der Waals surface area contributed by atoms with Gasteiger partial charge in [-0.15, -0.1) is 0 Å². The van der Waals surface area contributed by atoms with Crippen molar-refractivity contribution in [3.05, 3.63) is 46.2 Å². The molecule has 1 aliphatic heterocycles. The van der Waals surface area contributed by atoms with E-state index < -0.39 is 0 Å². The van der Waals surface area contributed by atoms with Crippen LogP contribution >= 0.6 is 11.6 Å². The van der Waals surface area contributed by atoms with Crippen molar-refractivity contribution in [1.82, 2.24) is 19.6 Å². The standard InChI is InChI=1S/C22H31ClN4O/c1-5-10-25-11-9-22-20(14-25)21(15-26(17(4)28)13-16(2)3)24-27(22)19-8-6-7-18(23)12-19/h6-8,12,16H,5,9-11,13-15H2,1-4H3. The minimum Gasteiger partial charge on any atom is -0.337 e. The van der Waals surface area contributed by atoms with Gasteiger partial charge in [-0.25, -0.2) is 4.68 Å². The Labute approximate surface area is 173 Å². The summed E-state index contributed by atoms with van der Waals surface area (Å²) in [6.45, 7) is 12.5. The highest BCUT2D eigenvalue weighted by Crippen LogP contribution is 2.27. The molecule has 6 heteroatoms. The highest BCUT2D eigenvalue weighted by molar-refractivity contribution is 6.30. The first kappa shape index (κ1) is 20.9. The van der Waals surface area contributed by atoms with Crippen LogP contribution in [0.1, 0.15) is 51.1 Å². The molecule has 0 unspecified atom stereocenters. The molecule has 1 amide bonds. The third-order valence-corrected chi connectivity index (χ3v) is 5.42. The lowest BCUT2D eigenvalue weighted by Crippen LogP contribution is -2.34. The van der Waals surface area contributed by atoms with Gasteiger partial charge >= 0.3 is 0 Å². The van der Waals surface area contributed by atoms with Crippen molar-refractivity contribution in [2.24, 2.45) is 5.92 Å². The number of halogens is 1. The molecule has 0 N–H and O–H groups in total. The van der Waals surface area contributed by atoms with E-state index in [1.54, 1.807) is 6.92 Å². The Kier molecular flexibility index (Phi) is 6.78. The van der Waals surface area contributed by atoms with E-state index in [2.05, 4.69) is 25.7 Å². The van der Waals surface area contributed by atoms with Gasteiger partial charge in [0.1, 0.15) is 0 Å². The minimum atomic E-state index is 0.0981. The molecule has 5 nitrogen and oxygen atoms in total. The number of carbonyl (C=O) groups excluding carboxylic acids is 1. The van der Waals surface area contributed by atoms with Gasteiger partial charge in [0.15, 0.2) is 0 Å². The van der Waals surface area contributed by atoms with Crippen molar-refractivity contribution in [2.45, 2.75) is 53.6 Å². The van der Waals surface area contributed by atoms with Crippen LogP contribution in [-0.4, -0.2) is 45.1 Å². The van der Waals surface area contributed by atoms with E-state index in [0.29, 0.717) is 17.5 Å². The number of hydrogen-bond donors (Lipinski definition) is 0. The SMILES string of the molecule is CCCN1CCc2c(c(CN(CC(C)C)C(C)=O)nn2-c2cccc(Cl)c2)C1. The van der Waals surface area contributed by atoms with E-state index in [1.165, 1.54) is 11.3 Å². The second-order valence-corrected chi connectivity index (χ2v) is 8.52. The first-order chi connectivity index (χ1) is 13.4. The van der Waals surface area contributed by atoms with Crippen LogP contribution in [0.15, 0.2) is 24.3 Å². The Bertz CT molecular complexity index is 830. The topological polar surface area (TPSA) is 41.4 Å². The number of nitrogens with zero attached hydrogens (tertiary/aromatic N) is 4. The van der Waals surface area contributed by atoms with Crippen molar-refractivity contribution < 1.29 is 4.79 Å². The summed E-state index contributed by atoms with van der Waals surface area (Å²) in [4.78, 5) is 16.6. The van der Waals surface area contributed by atoms with Gasteiger partial charge in [0.05, 0.1) is 23.6 Å². The van der Waals surface area contributed by atoms with Crippen molar-refractivity contribution >= 4 is 17.5 Å². The minimum absolute atomic E-state index is 0.0981. The van der Waals surface area contributed by atoms with Crippen LogP contribution in [0.5, 0.6) is 0 Å². The predicted molar refractivity (Wildman–Crippen MR) is 114 cm³/mol. The largest absolute Gasteiger partial charge is 0.337 e. The van der Waals surface area contributed by atoms with Crippen LogP contribution in [0.2, 0.25) is 5.02 Å². The molecule has 3 rings (SSSR count). The van der Waals surface area contributed by atoms with Crippen LogP contribution in [0, 0.1) is 5.92 Å². The lowest BCUT2D eigenvalue weighted by molar-refractivity contribution is -0.130. The molecule has 0 saturated carbocycles. The maximum absolute atomic E-state index is 12.2. The highest BCUT2D eigenvalue weighted by Gasteiger charge is 2.27. The Morgan fingerprint density at radius 3 is 2.79 bits per heavy atom. The first-order valence-electron chi connectivity index (χ1n) is 10.2. The maximum atomic E-state index is 12.2. The lowest BCUT2D eigenvalue weighted by atomic mass is 10.0. The zero-order chi connectivity index (χ0) is 20.3. The van der Waals surface area contributed by atoms with Gasteiger partial charge in [0.2, 0.25) is 5.91 Å². The molecular formula is C22H31ClN4O. The van der Waals surface area contributed by atoms with Crippen LogP contribution in [-0.2, 0) is 24.3 Å². The fourth-order valence-electron chi connectivity index (χ4n) is 3.92. The Morgan fingerprint density at radius 1 is 1.36 bits per heavy atom. The van der Waals surface area contributed by atoms with E-state index in [9.17, 15) is 4.79 Å². The van der Waals surface area contributed by atoms with Crippen LogP contribution < -0.4 is 0 Å². The van der Waals surface area contributed by atoms with Crippen LogP contribution in [0.25, 0.3) is 5.69 Å². The molecule has 0 bridgehead atoms. The lowest BCUT2D eigenvalue weighted by Gasteiger charge is -2.28. The van der Waals surface area contributed by atoms with E-state index >= 15 is 0 Å². The number of fused-ring (bicyclic) bond motifs is 1. The van der Waals surface area contributed by atoms with Crippen molar-refractivity contribution in [1.29, 1.82) is 0 Å². The van der Waals surface area contributed by atoms with E-state index in [1.807, 2.05) is 33.8 Å². The maximum Gasteiger partial charge on any atom is 0.219 e.